The van der Waals surface area contributed by atoms with Gasteiger partial charge in [-0.05, 0) is 67.9 Å². The third kappa shape index (κ3) is 4.99. The minimum atomic E-state index is -2.05. The maximum atomic E-state index is 6.74. The summed E-state index contributed by atoms with van der Waals surface area (Å²) in [7, 11) is 0. The van der Waals surface area contributed by atoms with E-state index < -0.39 is 13.4 Å². The first-order valence-corrected chi connectivity index (χ1v) is 17.6. The van der Waals surface area contributed by atoms with Crippen molar-refractivity contribution in [2.75, 3.05) is 0 Å². The van der Waals surface area contributed by atoms with Crippen LogP contribution in [-0.4, -0.2) is 13.4 Å². The van der Waals surface area contributed by atoms with Crippen LogP contribution >= 0.6 is 0 Å². The Morgan fingerprint density at radius 1 is 0.346 bits per heavy atom. The zero-order chi connectivity index (χ0) is 34.5. The van der Waals surface area contributed by atoms with Gasteiger partial charge in [-0.15, -0.1) is 0 Å². The summed E-state index contributed by atoms with van der Waals surface area (Å²) in [5.41, 5.74) is 4.00. The van der Waals surface area contributed by atoms with E-state index in [9.17, 15) is 0 Å². The molecule has 0 fully saturated rings. The van der Waals surface area contributed by atoms with Crippen molar-refractivity contribution >= 4 is 58.0 Å². The Balaban J connectivity index is 0.932. The maximum absolute atomic E-state index is 6.74. The van der Waals surface area contributed by atoms with E-state index >= 15 is 0 Å². The smallest absolute Gasteiger partial charge is 0.616 e. The summed E-state index contributed by atoms with van der Waals surface area (Å²) in [5.74, 6) is 2.95. The molecule has 52 heavy (non-hydrogen) atoms. The van der Waals surface area contributed by atoms with Crippen molar-refractivity contribution < 1.29 is 27.6 Å². The number of pyridine rings is 2. The zero-order valence-electron chi connectivity index (χ0n) is 28.2. The van der Waals surface area contributed by atoms with E-state index in [1.807, 2.05) is 94.4 Å². The Morgan fingerprint density at radius 3 is 0.942 bits per heavy atom. The number of fused-ring (bicyclic) bond motifs is 4. The molecule has 4 heterocycles. The number of aromatic nitrogens is 2. The number of nitrogens with zero attached hydrogens (tertiary/aromatic N) is 2. The van der Waals surface area contributed by atoms with Gasteiger partial charge in [0.2, 0.25) is 0 Å². The van der Waals surface area contributed by atoms with Crippen LogP contribution < -0.4 is 38.5 Å². The highest BCUT2D eigenvalue weighted by Gasteiger charge is 2.53. The second-order valence-electron chi connectivity index (χ2n) is 13.4. The van der Waals surface area contributed by atoms with Gasteiger partial charge in [-0.2, -0.15) is 0 Å². The predicted octanol–water partition coefficient (Wildman–Crippen LogP) is 7.07. The molecule has 0 saturated carbocycles. The zero-order valence-corrected chi connectivity index (χ0v) is 28.2. The van der Waals surface area contributed by atoms with Gasteiger partial charge in [0.1, 0.15) is 47.8 Å². The molecule has 0 unspecified atom stereocenters. The van der Waals surface area contributed by atoms with Gasteiger partial charge >= 0.3 is 13.4 Å². The van der Waals surface area contributed by atoms with Gasteiger partial charge in [0.25, 0.3) is 0 Å². The Morgan fingerprint density at radius 2 is 0.635 bits per heavy atom. The highest BCUT2D eigenvalue weighted by atomic mass is 16.7. The number of benzene rings is 6. The van der Waals surface area contributed by atoms with E-state index in [0.29, 0.717) is 0 Å². The van der Waals surface area contributed by atoms with Crippen molar-refractivity contribution in [2.24, 2.45) is 0 Å². The van der Waals surface area contributed by atoms with Crippen LogP contribution in [0.25, 0.3) is 33.7 Å². The van der Waals surface area contributed by atoms with Crippen molar-refractivity contribution in [1.29, 1.82) is 0 Å². The van der Waals surface area contributed by atoms with Crippen LogP contribution in [0.3, 0.4) is 0 Å². The summed E-state index contributed by atoms with van der Waals surface area (Å²) in [5, 5.41) is 4.44. The lowest BCUT2D eigenvalue weighted by molar-refractivity contribution is -0.566. The molecule has 8 heteroatoms. The van der Waals surface area contributed by atoms with E-state index in [0.717, 1.165) is 66.6 Å². The topological polar surface area (TPSA) is 44.7 Å². The molecule has 0 aliphatic carbocycles. The summed E-state index contributed by atoms with van der Waals surface area (Å²) in [6, 6.07) is 53.4. The molecule has 2 aliphatic heterocycles. The molecule has 10 rings (SSSR count). The quantitative estimate of drug-likeness (QED) is 0.177. The highest BCUT2D eigenvalue weighted by molar-refractivity contribution is 6.76. The molecule has 2 aliphatic rings. The lowest BCUT2D eigenvalue weighted by Crippen LogP contribution is -2.77. The van der Waals surface area contributed by atoms with Gasteiger partial charge in [-0.1, -0.05) is 121 Å². The maximum Gasteiger partial charge on any atom is 0.684 e. The minimum Gasteiger partial charge on any atom is -0.616 e. The highest BCUT2D eigenvalue weighted by Crippen LogP contribution is 2.41. The molecular weight excluding hydrogens is 642 g/mol. The van der Waals surface area contributed by atoms with Crippen molar-refractivity contribution in [3.05, 3.63) is 194 Å². The molecule has 0 saturated heterocycles. The number of rotatable bonds is 6. The third-order valence-corrected chi connectivity index (χ3v) is 10.2. The molecule has 2 aromatic heterocycles. The van der Waals surface area contributed by atoms with Crippen molar-refractivity contribution in [1.82, 2.24) is 0 Å². The minimum absolute atomic E-state index is 0.737. The van der Waals surface area contributed by atoms with Gasteiger partial charge in [-0.25, -0.2) is 0 Å². The summed E-state index contributed by atoms with van der Waals surface area (Å²) in [4.78, 5) is 0. The third-order valence-electron chi connectivity index (χ3n) is 10.2. The fraction of sp³-hybridized carbons (Fsp3) is 0. The molecule has 248 valence electrons. The van der Waals surface area contributed by atoms with Crippen LogP contribution in [0.15, 0.2) is 183 Å². The molecule has 0 atom stereocenters. The molecule has 0 radical (unpaired) electrons. The Hall–Kier alpha value is -6.79. The second kappa shape index (κ2) is 11.9. The molecule has 0 spiro atoms. The molecule has 6 nitrogen and oxygen atoms in total. The Bertz CT molecular complexity index is 2360. The molecule has 6 aromatic carbocycles. The first kappa shape index (κ1) is 30.1. The first-order chi connectivity index (χ1) is 25.6. The van der Waals surface area contributed by atoms with Gasteiger partial charge in [0.15, 0.2) is 0 Å². The second-order valence-corrected chi connectivity index (χ2v) is 13.4. The van der Waals surface area contributed by atoms with Crippen LogP contribution in [0.2, 0.25) is 0 Å². The normalized spacial score (nSPS) is 15.0. The van der Waals surface area contributed by atoms with Crippen LogP contribution in [0.5, 0.6) is 23.0 Å². The average Bonchev–Trinajstić information content (AvgIpc) is 3.79. The fourth-order valence-electron chi connectivity index (χ4n) is 7.52. The van der Waals surface area contributed by atoms with Gasteiger partial charge in [0, 0.05) is 24.3 Å². The van der Waals surface area contributed by atoms with Gasteiger partial charge in [-0.3, -0.25) is 0 Å². The van der Waals surface area contributed by atoms with Crippen LogP contribution in [0, 0.1) is 0 Å². The van der Waals surface area contributed by atoms with Gasteiger partial charge in [0.05, 0.1) is 0 Å². The van der Waals surface area contributed by atoms with E-state index in [1.165, 1.54) is 0 Å². The number of hydrogen-bond acceptors (Lipinski definition) is 4. The standard InChI is InChI=1S/C44H32B2N2O4/c1-3-15-39(16-4-1)45(49-41-29-35-11-7-8-12-36(35)30-42(41)50-45)47-25-21-33(22-26-47)19-20-34-23-27-48(28-24-34)46(40-17-5-2-6-18-40)51-43-31-37-13-9-10-14-38(37)32-44(43)52-46/h1-32H/b20-19+. The molecule has 8 aromatic rings. The lowest BCUT2D eigenvalue weighted by atomic mass is 9.63. The van der Waals surface area contributed by atoms with Crippen LogP contribution in [-0.2, 0) is 0 Å². The number of hydrogen-bond donors (Lipinski definition) is 0. The SMILES string of the molecule is C(=C\c1cc[n+]([B-]2(c3ccccc3)Oc3cc4ccccc4cc3O2)cc1)/c1cc[n+]([B-]2(c3ccccc3)Oc3cc4ccccc4cc3O2)cc1. The summed E-state index contributed by atoms with van der Waals surface area (Å²) < 4.78 is 31.0. The van der Waals surface area contributed by atoms with E-state index in [2.05, 4.69) is 109 Å². The lowest BCUT2D eigenvalue weighted by Gasteiger charge is -2.28. The average molecular weight is 674 g/mol. The van der Waals surface area contributed by atoms with E-state index in [1.54, 1.807) is 0 Å². The molecule has 0 amide bonds. The summed E-state index contributed by atoms with van der Waals surface area (Å²) in [6.45, 7) is -4.11. The Labute approximate surface area is 301 Å². The van der Waals surface area contributed by atoms with Crippen molar-refractivity contribution in [2.45, 2.75) is 0 Å². The molecule has 0 bridgehead atoms. The fourth-order valence-corrected chi connectivity index (χ4v) is 7.52. The van der Waals surface area contributed by atoms with Crippen LogP contribution in [0.4, 0.5) is 0 Å². The summed E-state index contributed by atoms with van der Waals surface area (Å²) in [6.07, 6.45) is 12.3. The van der Waals surface area contributed by atoms with E-state index in [4.69, 9.17) is 18.6 Å². The van der Waals surface area contributed by atoms with E-state index in [-0.39, 0.29) is 0 Å². The predicted molar refractivity (Wildman–Crippen MR) is 207 cm³/mol. The van der Waals surface area contributed by atoms with Crippen molar-refractivity contribution in [3.63, 3.8) is 0 Å². The monoisotopic (exact) mass is 674 g/mol. The largest absolute Gasteiger partial charge is 0.684 e. The van der Waals surface area contributed by atoms with Crippen molar-refractivity contribution in [3.8, 4) is 23.0 Å². The Kier molecular flexibility index (Phi) is 6.89. The first-order valence-electron chi connectivity index (χ1n) is 17.6. The molecular formula is C44H32B2N2O4. The van der Waals surface area contributed by atoms with Gasteiger partial charge < -0.3 is 27.6 Å². The van der Waals surface area contributed by atoms with Crippen LogP contribution in [0.1, 0.15) is 11.1 Å². The summed E-state index contributed by atoms with van der Waals surface area (Å²) >= 11 is 0. The molecule has 0 N–H and O–H groups in total.